The topological polar surface area (TPSA) is 60.2 Å². The van der Waals surface area contributed by atoms with Gasteiger partial charge in [-0.05, 0) is 29.8 Å². The maximum Gasteiger partial charge on any atom is 0.387 e. The van der Waals surface area contributed by atoms with Crippen molar-refractivity contribution in [1.82, 2.24) is 19.9 Å². The Morgan fingerprint density at radius 3 is 2.64 bits per heavy atom. The summed E-state index contributed by atoms with van der Waals surface area (Å²) in [6.45, 7) is -2.43. The number of fused-ring (bicyclic) bond motifs is 1. The molecule has 0 bridgehead atoms. The number of ether oxygens (including phenoxy) is 1. The number of hydrogen-bond acceptors (Lipinski definition) is 4. The van der Waals surface area contributed by atoms with Crippen molar-refractivity contribution in [3.8, 4) is 5.75 Å². The van der Waals surface area contributed by atoms with Crippen LogP contribution in [0.5, 0.6) is 5.75 Å². The summed E-state index contributed by atoms with van der Waals surface area (Å²) in [7, 11) is 1.67. The first-order valence-corrected chi connectivity index (χ1v) is 7.59. The number of rotatable bonds is 6. The first kappa shape index (κ1) is 16.8. The van der Waals surface area contributed by atoms with Gasteiger partial charge in [-0.25, -0.2) is 4.68 Å². The summed E-state index contributed by atoms with van der Waals surface area (Å²) in [6.07, 6.45) is 0. The lowest BCUT2D eigenvalue weighted by Crippen LogP contribution is -2.30. The van der Waals surface area contributed by atoms with Gasteiger partial charge < -0.3 is 9.64 Å². The monoisotopic (exact) mass is 346 g/mol. The van der Waals surface area contributed by atoms with Crippen LogP contribution in [0.15, 0.2) is 48.5 Å². The van der Waals surface area contributed by atoms with Crippen molar-refractivity contribution in [3.05, 3.63) is 54.1 Å². The number of hydrogen-bond donors (Lipinski definition) is 0. The van der Waals surface area contributed by atoms with Crippen molar-refractivity contribution < 1.29 is 18.3 Å². The molecule has 1 aromatic heterocycles. The Morgan fingerprint density at radius 2 is 1.92 bits per heavy atom. The molecule has 6 nitrogen and oxygen atoms in total. The predicted octanol–water partition coefficient (Wildman–Crippen LogP) is 2.69. The lowest BCUT2D eigenvalue weighted by atomic mass is 10.2. The molecule has 0 radical (unpaired) electrons. The van der Waals surface area contributed by atoms with E-state index in [2.05, 4.69) is 15.0 Å². The number of carbonyl (C=O) groups is 1. The minimum absolute atomic E-state index is 0.0730. The molecule has 0 aliphatic carbocycles. The van der Waals surface area contributed by atoms with Gasteiger partial charge in [0.15, 0.2) is 0 Å². The van der Waals surface area contributed by atoms with Crippen LogP contribution < -0.4 is 4.74 Å². The van der Waals surface area contributed by atoms with Gasteiger partial charge in [-0.3, -0.25) is 4.79 Å². The maximum absolute atomic E-state index is 12.4. The van der Waals surface area contributed by atoms with Crippen LogP contribution in [0.3, 0.4) is 0 Å². The van der Waals surface area contributed by atoms with Gasteiger partial charge in [0.05, 0.1) is 5.52 Å². The zero-order valence-electron chi connectivity index (χ0n) is 13.5. The number of alkyl halides is 2. The minimum atomic E-state index is -2.85. The Morgan fingerprint density at radius 1 is 1.20 bits per heavy atom. The molecule has 0 aliphatic heterocycles. The molecule has 8 heteroatoms. The lowest BCUT2D eigenvalue weighted by molar-refractivity contribution is -0.131. The zero-order valence-corrected chi connectivity index (χ0v) is 13.5. The summed E-state index contributed by atoms with van der Waals surface area (Å²) in [5, 5.41) is 8.01. The number of amides is 1. The molecular formula is C17H16F2N4O2. The second-order valence-electron chi connectivity index (χ2n) is 5.51. The predicted molar refractivity (Wildman–Crippen MR) is 87.1 cm³/mol. The van der Waals surface area contributed by atoms with E-state index in [-0.39, 0.29) is 18.2 Å². The highest BCUT2D eigenvalue weighted by molar-refractivity contribution is 5.79. The number of carbonyl (C=O) groups excluding carboxylic acids is 1. The first-order valence-electron chi connectivity index (χ1n) is 7.59. The molecule has 0 fully saturated rings. The zero-order chi connectivity index (χ0) is 17.8. The van der Waals surface area contributed by atoms with Crippen molar-refractivity contribution in [2.75, 3.05) is 7.05 Å². The average Bonchev–Trinajstić information content (AvgIpc) is 2.99. The molecule has 1 heterocycles. The summed E-state index contributed by atoms with van der Waals surface area (Å²) >= 11 is 0. The van der Waals surface area contributed by atoms with Crippen molar-refractivity contribution in [1.29, 1.82) is 0 Å². The van der Waals surface area contributed by atoms with Crippen LogP contribution in [-0.2, 0) is 17.9 Å². The van der Waals surface area contributed by atoms with Crippen LogP contribution >= 0.6 is 0 Å². The van der Waals surface area contributed by atoms with Gasteiger partial charge in [-0.15, -0.1) is 5.10 Å². The average molecular weight is 346 g/mol. The molecule has 0 unspecified atom stereocenters. The Balaban J connectivity index is 1.62. The molecule has 0 atom stereocenters. The Kier molecular flexibility index (Phi) is 4.87. The van der Waals surface area contributed by atoms with E-state index in [1.165, 1.54) is 12.1 Å². The fourth-order valence-corrected chi connectivity index (χ4v) is 2.42. The number of para-hydroxylation sites is 1. The lowest BCUT2D eigenvalue weighted by Gasteiger charge is -2.17. The molecule has 0 N–H and O–H groups in total. The van der Waals surface area contributed by atoms with E-state index in [9.17, 15) is 13.6 Å². The third kappa shape index (κ3) is 4.09. The summed E-state index contributed by atoms with van der Waals surface area (Å²) in [6, 6.07) is 13.6. The summed E-state index contributed by atoms with van der Waals surface area (Å²) in [5.41, 5.74) is 2.33. The largest absolute Gasteiger partial charge is 0.435 e. The van der Waals surface area contributed by atoms with E-state index >= 15 is 0 Å². The van der Waals surface area contributed by atoms with Gasteiger partial charge >= 0.3 is 6.61 Å². The molecule has 3 rings (SSSR count). The quantitative estimate of drug-likeness (QED) is 0.689. The molecule has 3 aromatic rings. The third-order valence-corrected chi connectivity index (χ3v) is 3.70. The fourth-order valence-electron chi connectivity index (χ4n) is 2.42. The van der Waals surface area contributed by atoms with Gasteiger partial charge in [0.2, 0.25) is 5.91 Å². The number of benzene rings is 2. The standard InChI is InChI=1S/C17H16F2N4O2/c1-22(10-12-6-8-13(9-7-12)25-17(18)19)16(24)11-23-15-5-3-2-4-14(15)20-21-23/h2-9,17H,10-11H2,1H3. The second kappa shape index (κ2) is 7.25. The highest BCUT2D eigenvalue weighted by Crippen LogP contribution is 2.16. The van der Waals surface area contributed by atoms with E-state index in [1.54, 1.807) is 28.8 Å². The van der Waals surface area contributed by atoms with Crippen LogP contribution in [0.4, 0.5) is 8.78 Å². The molecular weight excluding hydrogens is 330 g/mol. The molecule has 2 aromatic carbocycles. The number of halogens is 2. The van der Waals surface area contributed by atoms with E-state index in [0.29, 0.717) is 6.54 Å². The Labute approximate surface area is 142 Å². The molecule has 25 heavy (non-hydrogen) atoms. The SMILES string of the molecule is CN(Cc1ccc(OC(F)F)cc1)C(=O)Cn1nnc2ccccc21. The van der Waals surface area contributed by atoms with Gasteiger partial charge in [0, 0.05) is 13.6 Å². The first-order chi connectivity index (χ1) is 12.0. The highest BCUT2D eigenvalue weighted by atomic mass is 19.3. The maximum atomic E-state index is 12.4. The van der Waals surface area contributed by atoms with Gasteiger partial charge in [-0.1, -0.05) is 29.5 Å². The van der Waals surface area contributed by atoms with E-state index in [0.717, 1.165) is 16.6 Å². The van der Waals surface area contributed by atoms with Crippen LogP contribution in [0.25, 0.3) is 11.0 Å². The Bertz CT molecular complexity index is 864. The Hall–Kier alpha value is -3.03. The second-order valence-corrected chi connectivity index (χ2v) is 5.51. The molecule has 0 spiro atoms. The van der Waals surface area contributed by atoms with Crippen LogP contribution in [0, 0.1) is 0 Å². The highest BCUT2D eigenvalue weighted by Gasteiger charge is 2.13. The van der Waals surface area contributed by atoms with E-state index < -0.39 is 6.61 Å². The van der Waals surface area contributed by atoms with Crippen molar-refractivity contribution in [3.63, 3.8) is 0 Å². The van der Waals surface area contributed by atoms with Gasteiger partial charge in [-0.2, -0.15) is 8.78 Å². The fraction of sp³-hybridized carbons (Fsp3) is 0.235. The van der Waals surface area contributed by atoms with Crippen LogP contribution in [0.2, 0.25) is 0 Å². The number of aromatic nitrogens is 3. The summed E-state index contributed by atoms with van der Waals surface area (Å²) in [4.78, 5) is 13.9. The summed E-state index contributed by atoms with van der Waals surface area (Å²) in [5.74, 6) is -0.0506. The smallest absolute Gasteiger partial charge is 0.387 e. The van der Waals surface area contributed by atoms with Gasteiger partial charge in [0.25, 0.3) is 0 Å². The molecule has 0 saturated carbocycles. The minimum Gasteiger partial charge on any atom is -0.435 e. The summed E-state index contributed by atoms with van der Waals surface area (Å²) < 4.78 is 30.1. The van der Waals surface area contributed by atoms with E-state index in [4.69, 9.17) is 0 Å². The third-order valence-electron chi connectivity index (χ3n) is 3.70. The van der Waals surface area contributed by atoms with Crippen molar-refractivity contribution >= 4 is 16.9 Å². The number of nitrogens with zero attached hydrogens (tertiary/aromatic N) is 4. The van der Waals surface area contributed by atoms with Crippen LogP contribution in [0.1, 0.15) is 5.56 Å². The molecule has 0 aliphatic rings. The molecule has 130 valence electrons. The normalized spacial score (nSPS) is 11.0. The van der Waals surface area contributed by atoms with Crippen molar-refractivity contribution in [2.24, 2.45) is 0 Å². The van der Waals surface area contributed by atoms with Crippen LogP contribution in [-0.4, -0.2) is 39.5 Å². The van der Waals surface area contributed by atoms with E-state index in [1.807, 2.05) is 24.3 Å². The number of likely N-dealkylation sites (N-methyl/N-ethyl adjacent to an activating group) is 1. The molecule has 0 saturated heterocycles. The van der Waals surface area contributed by atoms with Crippen molar-refractivity contribution in [2.45, 2.75) is 19.7 Å². The van der Waals surface area contributed by atoms with Gasteiger partial charge in [0.1, 0.15) is 17.8 Å². The molecule has 1 amide bonds.